The Hall–Kier alpha value is -0.720. The summed E-state index contributed by atoms with van der Waals surface area (Å²) in [7, 11) is 0. The Morgan fingerprint density at radius 2 is 2.21 bits per heavy atom. The minimum atomic E-state index is -2.63. The van der Waals surface area contributed by atoms with Crippen LogP contribution in [0.2, 0.25) is 0 Å². The topological polar surface area (TPSA) is 56.7 Å². The molecule has 0 saturated heterocycles. The van der Waals surface area contributed by atoms with E-state index in [2.05, 4.69) is 26.0 Å². The fraction of sp³-hybridized carbons (Fsp3) is 0.714. The number of rotatable bonds is 4. The number of aromatic nitrogens is 3. The van der Waals surface area contributed by atoms with E-state index < -0.39 is 5.92 Å². The van der Waals surface area contributed by atoms with Crippen LogP contribution in [0.25, 0.3) is 0 Å². The SMILES string of the molecule is CC(F)(F)CCCn1nc(N)nc1Br. The highest BCUT2D eigenvalue weighted by Gasteiger charge is 2.20. The Kier molecular flexibility index (Phi) is 3.41. The van der Waals surface area contributed by atoms with Crippen molar-refractivity contribution < 1.29 is 8.78 Å². The lowest BCUT2D eigenvalue weighted by atomic mass is 10.2. The van der Waals surface area contributed by atoms with Crippen LogP contribution >= 0.6 is 15.9 Å². The van der Waals surface area contributed by atoms with Gasteiger partial charge in [-0.3, -0.25) is 0 Å². The molecule has 0 spiro atoms. The number of nitrogens with zero attached hydrogens (tertiary/aromatic N) is 3. The Labute approximate surface area is 88.6 Å². The Balaban J connectivity index is 2.42. The maximum Gasteiger partial charge on any atom is 0.245 e. The molecule has 1 rings (SSSR count). The third-order valence-electron chi connectivity index (χ3n) is 1.63. The molecule has 0 amide bonds. The van der Waals surface area contributed by atoms with Crippen molar-refractivity contribution in [3.63, 3.8) is 0 Å². The molecular weight excluding hydrogens is 258 g/mol. The number of nitrogens with two attached hydrogens (primary N) is 1. The molecule has 2 N–H and O–H groups in total. The molecule has 0 fully saturated rings. The fourth-order valence-corrected chi connectivity index (χ4v) is 1.46. The van der Waals surface area contributed by atoms with E-state index in [4.69, 9.17) is 5.73 Å². The van der Waals surface area contributed by atoms with Crippen LogP contribution in [0.3, 0.4) is 0 Å². The van der Waals surface area contributed by atoms with Crippen LogP contribution < -0.4 is 5.73 Å². The summed E-state index contributed by atoms with van der Waals surface area (Å²) in [6, 6.07) is 0. The number of aryl methyl sites for hydroxylation is 1. The Morgan fingerprint density at radius 3 is 2.64 bits per heavy atom. The molecule has 0 atom stereocenters. The number of nitrogen functional groups attached to an aromatic ring is 1. The molecule has 0 aliphatic carbocycles. The molecule has 0 aliphatic heterocycles. The van der Waals surface area contributed by atoms with Crippen molar-refractivity contribution in [3.05, 3.63) is 4.73 Å². The molecule has 0 radical (unpaired) electrons. The van der Waals surface area contributed by atoms with Crippen LogP contribution in [0.1, 0.15) is 19.8 Å². The molecule has 14 heavy (non-hydrogen) atoms. The first kappa shape index (κ1) is 11.4. The summed E-state index contributed by atoms with van der Waals surface area (Å²) >= 11 is 3.12. The third kappa shape index (κ3) is 3.57. The average molecular weight is 269 g/mol. The predicted octanol–water partition coefficient (Wildman–Crippen LogP) is 2.06. The van der Waals surface area contributed by atoms with E-state index in [1.807, 2.05) is 0 Å². The third-order valence-corrected chi connectivity index (χ3v) is 2.22. The fourth-order valence-electron chi connectivity index (χ4n) is 1.02. The second kappa shape index (κ2) is 4.20. The monoisotopic (exact) mass is 268 g/mol. The average Bonchev–Trinajstić information content (AvgIpc) is 2.27. The molecule has 0 bridgehead atoms. The molecule has 0 saturated carbocycles. The van der Waals surface area contributed by atoms with E-state index in [9.17, 15) is 8.78 Å². The van der Waals surface area contributed by atoms with Gasteiger partial charge in [-0.05, 0) is 29.3 Å². The number of halogens is 3. The zero-order valence-corrected chi connectivity index (χ0v) is 9.26. The van der Waals surface area contributed by atoms with Gasteiger partial charge in [0.25, 0.3) is 0 Å². The van der Waals surface area contributed by atoms with Gasteiger partial charge in [0, 0.05) is 13.0 Å². The van der Waals surface area contributed by atoms with Gasteiger partial charge in [-0.25, -0.2) is 13.5 Å². The van der Waals surface area contributed by atoms with Gasteiger partial charge in [-0.1, -0.05) is 0 Å². The summed E-state index contributed by atoms with van der Waals surface area (Å²) in [4.78, 5) is 3.78. The lowest BCUT2D eigenvalue weighted by molar-refractivity contribution is 0.00966. The van der Waals surface area contributed by atoms with Crippen molar-refractivity contribution in [3.8, 4) is 0 Å². The predicted molar refractivity (Wildman–Crippen MR) is 52.0 cm³/mol. The molecule has 7 heteroatoms. The lowest BCUT2D eigenvalue weighted by Gasteiger charge is -2.09. The normalized spacial score (nSPS) is 12.0. The van der Waals surface area contributed by atoms with Gasteiger partial charge in [0.2, 0.25) is 11.9 Å². The van der Waals surface area contributed by atoms with Gasteiger partial charge in [0.05, 0.1) is 0 Å². The minimum Gasteiger partial charge on any atom is -0.366 e. The molecule has 4 nitrogen and oxygen atoms in total. The summed E-state index contributed by atoms with van der Waals surface area (Å²) in [5.41, 5.74) is 5.32. The summed E-state index contributed by atoms with van der Waals surface area (Å²) in [6.45, 7) is 1.28. The van der Waals surface area contributed by atoms with Gasteiger partial charge < -0.3 is 5.73 Å². The Bertz CT molecular complexity index is 307. The molecule has 80 valence electrons. The van der Waals surface area contributed by atoms with Crippen LogP contribution in [0.15, 0.2) is 4.73 Å². The zero-order chi connectivity index (χ0) is 10.8. The Morgan fingerprint density at radius 1 is 1.57 bits per heavy atom. The van der Waals surface area contributed by atoms with E-state index >= 15 is 0 Å². The number of anilines is 1. The van der Waals surface area contributed by atoms with Crippen LogP contribution in [0.5, 0.6) is 0 Å². The summed E-state index contributed by atoms with van der Waals surface area (Å²) in [6.07, 6.45) is 0.171. The van der Waals surface area contributed by atoms with Crippen LogP contribution in [0.4, 0.5) is 14.7 Å². The number of alkyl halides is 2. The van der Waals surface area contributed by atoms with E-state index in [-0.39, 0.29) is 12.4 Å². The van der Waals surface area contributed by atoms with Gasteiger partial charge in [-0.2, -0.15) is 4.98 Å². The van der Waals surface area contributed by atoms with Crippen LogP contribution in [0, 0.1) is 0 Å². The van der Waals surface area contributed by atoms with Crippen LogP contribution in [-0.4, -0.2) is 20.7 Å². The standard InChI is InChI=1S/C7H11BrF2N4/c1-7(9,10)3-2-4-14-5(8)12-6(11)13-14/h2-4H2,1H3,(H2,11,13). The highest BCUT2D eigenvalue weighted by atomic mass is 79.9. The molecule has 0 aliphatic rings. The molecule has 0 unspecified atom stereocenters. The molecule has 1 aromatic rings. The summed E-state index contributed by atoms with van der Waals surface area (Å²) in [5.74, 6) is -2.49. The van der Waals surface area contributed by atoms with Crippen LogP contribution in [-0.2, 0) is 6.54 Å². The summed E-state index contributed by atoms with van der Waals surface area (Å²) in [5, 5.41) is 3.82. The maximum absolute atomic E-state index is 12.4. The van der Waals surface area contributed by atoms with Gasteiger partial charge >= 0.3 is 0 Å². The first-order chi connectivity index (χ1) is 6.38. The quantitative estimate of drug-likeness (QED) is 0.910. The van der Waals surface area contributed by atoms with E-state index in [1.54, 1.807) is 0 Å². The first-order valence-electron chi connectivity index (χ1n) is 4.12. The van der Waals surface area contributed by atoms with E-state index in [0.717, 1.165) is 6.92 Å². The van der Waals surface area contributed by atoms with E-state index in [1.165, 1.54) is 4.68 Å². The molecule has 1 aromatic heterocycles. The highest BCUT2D eigenvalue weighted by molar-refractivity contribution is 9.10. The van der Waals surface area contributed by atoms with Crippen molar-refractivity contribution in [1.29, 1.82) is 0 Å². The van der Waals surface area contributed by atoms with Crippen molar-refractivity contribution in [1.82, 2.24) is 14.8 Å². The largest absolute Gasteiger partial charge is 0.366 e. The van der Waals surface area contributed by atoms with Crippen molar-refractivity contribution in [2.75, 3.05) is 5.73 Å². The second-order valence-corrected chi connectivity index (χ2v) is 3.85. The summed E-state index contributed by atoms with van der Waals surface area (Å²) < 4.78 is 26.8. The van der Waals surface area contributed by atoms with E-state index in [0.29, 0.717) is 17.7 Å². The van der Waals surface area contributed by atoms with Crippen molar-refractivity contribution in [2.45, 2.75) is 32.2 Å². The van der Waals surface area contributed by atoms with Crippen molar-refractivity contribution >= 4 is 21.9 Å². The first-order valence-corrected chi connectivity index (χ1v) is 4.91. The minimum absolute atomic E-state index is 0.139. The lowest BCUT2D eigenvalue weighted by Crippen LogP contribution is -2.11. The van der Waals surface area contributed by atoms with Gasteiger partial charge in [-0.15, -0.1) is 5.10 Å². The smallest absolute Gasteiger partial charge is 0.245 e. The molecule has 0 aromatic carbocycles. The van der Waals surface area contributed by atoms with Crippen molar-refractivity contribution in [2.24, 2.45) is 0 Å². The maximum atomic E-state index is 12.4. The highest BCUT2D eigenvalue weighted by Crippen LogP contribution is 2.19. The molecular formula is C7H11BrF2N4. The zero-order valence-electron chi connectivity index (χ0n) is 7.67. The van der Waals surface area contributed by atoms with Gasteiger partial charge in [0.15, 0.2) is 4.73 Å². The number of hydrogen-bond donors (Lipinski definition) is 1. The van der Waals surface area contributed by atoms with Gasteiger partial charge in [0.1, 0.15) is 0 Å². The molecule has 1 heterocycles. The number of hydrogen-bond acceptors (Lipinski definition) is 3. The second-order valence-electron chi connectivity index (χ2n) is 3.14.